The van der Waals surface area contributed by atoms with E-state index in [2.05, 4.69) is 0 Å². The molecule has 1 aliphatic heterocycles. The molecule has 76 valence electrons. The monoisotopic (exact) mass is 215 g/mol. The Morgan fingerprint density at radius 1 is 1.50 bits per heavy atom. The minimum Gasteiger partial charge on any atom is -0.390 e. The Kier molecular flexibility index (Phi) is 2.72. The van der Waals surface area contributed by atoms with E-state index < -0.39 is 0 Å². The molecule has 0 bridgehead atoms. The lowest BCUT2D eigenvalue weighted by Crippen LogP contribution is -2.49. The van der Waals surface area contributed by atoms with Crippen LogP contribution in [-0.4, -0.2) is 29.2 Å². The molecule has 2 nitrogen and oxygen atoms in total. The molecule has 0 spiro atoms. The fourth-order valence-corrected chi connectivity index (χ4v) is 1.77. The quantitative estimate of drug-likeness (QED) is 0.811. The van der Waals surface area contributed by atoms with Crippen LogP contribution in [-0.2, 0) is 6.54 Å². The van der Waals surface area contributed by atoms with E-state index in [1.54, 1.807) is 12.1 Å². The van der Waals surface area contributed by atoms with Crippen LogP contribution in [0.5, 0.6) is 0 Å². The van der Waals surface area contributed by atoms with Crippen LogP contribution in [0.2, 0.25) is 5.02 Å². The molecule has 1 aliphatic rings. The molecular formula is C10H11ClFNO. The normalized spacial score (nSPS) is 18.2. The van der Waals surface area contributed by atoms with E-state index in [0.717, 1.165) is 5.56 Å². The number of aliphatic hydroxyl groups is 1. The van der Waals surface area contributed by atoms with Crippen LogP contribution in [0.3, 0.4) is 0 Å². The predicted octanol–water partition coefficient (Wildman–Crippen LogP) is 1.66. The first-order valence-electron chi connectivity index (χ1n) is 4.50. The maximum absolute atomic E-state index is 13.0. The van der Waals surface area contributed by atoms with Gasteiger partial charge in [-0.25, -0.2) is 4.39 Å². The molecule has 0 aromatic heterocycles. The lowest BCUT2D eigenvalue weighted by atomic mass is 10.1. The molecule has 0 saturated carbocycles. The van der Waals surface area contributed by atoms with E-state index in [-0.39, 0.29) is 16.9 Å². The standard InChI is InChI=1S/C10H11ClFNO/c11-10-7(2-1-3-9(10)12)4-13-5-8(14)6-13/h1-3,8,14H,4-6H2. The van der Waals surface area contributed by atoms with Gasteiger partial charge in [-0.15, -0.1) is 0 Å². The largest absolute Gasteiger partial charge is 0.390 e. The fraction of sp³-hybridized carbons (Fsp3) is 0.400. The molecule has 1 N–H and O–H groups in total. The van der Waals surface area contributed by atoms with Gasteiger partial charge in [-0.2, -0.15) is 0 Å². The van der Waals surface area contributed by atoms with Gasteiger partial charge in [0.2, 0.25) is 0 Å². The second-order valence-corrected chi connectivity index (χ2v) is 3.94. The molecule has 1 saturated heterocycles. The third-order valence-electron chi connectivity index (χ3n) is 2.36. The summed E-state index contributed by atoms with van der Waals surface area (Å²) in [6.45, 7) is 1.90. The van der Waals surface area contributed by atoms with E-state index in [1.807, 2.05) is 4.90 Å². The van der Waals surface area contributed by atoms with Crippen molar-refractivity contribution < 1.29 is 9.50 Å². The van der Waals surface area contributed by atoms with Crippen molar-refractivity contribution in [1.82, 2.24) is 4.90 Å². The van der Waals surface area contributed by atoms with E-state index in [1.165, 1.54) is 6.07 Å². The maximum atomic E-state index is 13.0. The molecule has 0 amide bonds. The van der Waals surface area contributed by atoms with Gasteiger partial charge in [0.25, 0.3) is 0 Å². The summed E-state index contributed by atoms with van der Waals surface area (Å²) in [5.74, 6) is -0.384. The molecule has 1 aromatic carbocycles. The first-order valence-corrected chi connectivity index (χ1v) is 4.88. The van der Waals surface area contributed by atoms with Gasteiger partial charge in [0.1, 0.15) is 5.82 Å². The van der Waals surface area contributed by atoms with Crippen LogP contribution in [0.15, 0.2) is 18.2 Å². The minimum atomic E-state index is -0.384. The van der Waals surface area contributed by atoms with Gasteiger partial charge >= 0.3 is 0 Å². The van der Waals surface area contributed by atoms with Gasteiger partial charge in [-0.1, -0.05) is 23.7 Å². The number of β-amino-alcohol motifs (C(OH)–C–C–N with tert-alkyl or cyclic N) is 1. The number of rotatable bonds is 2. The van der Waals surface area contributed by atoms with Crippen LogP contribution >= 0.6 is 11.6 Å². The highest BCUT2D eigenvalue weighted by atomic mass is 35.5. The van der Waals surface area contributed by atoms with Crippen molar-refractivity contribution in [3.8, 4) is 0 Å². The SMILES string of the molecule is OC1CN(Cc2cccc(F)c2Cl)C1. The molecule has 2 rings (SSSR count). The second-order valence-electron chi connectivity index (χ2n) is 3.56. The number of likely N-dealkylation sites (tertiary alicyclic amines) is 1. The number of hydrogen-bond acceptors (Lipinski definition) is 2. The smallest absolute Gasteiger partial charge is 0.142 e. The van der Waals surface area contributed by atoms with E-state index in [9.17, 15) is 4.39 Å². The molecule has 1 fully saturated rings. The summed E-state index contributed by atoms with van der Waals surface area (Å²) in [5, 5.41) is 9.26. The van der Waals surface area contributed by atoms with E-state index in [4.69, 9.17) is 16.7 Å². The molecule has 1 aromatic rings. The van der Waals surface area contributed by atoms with Crippen molar-refractivity contribution in [2.24, 2.45) is 0 Å². The highest BCUT2D eigenvalue weighted by Crippen LogP contribution is 2.22. The molecule has 0 aliphatic carbocycles. The number of nitrogens with zero attached hydrogens (tertiary/aromatic N) is 1. The highest BCUT2D eigenvalue weighted by molar-refractivity contribution is 6.31. The van der Waals surface area contributed by atoms with Crippen molar-refractivity contribution in [2.75, 3.05) is 13.1 Å². The summed E-state index contributed by atoms with van der Waals surface area (Å²) >= 11 is 5.79. The average molecular weight is 216 g/mol. The Morgan fingerprint density at radius 2 is 2.21 bits per heavy atom. The highest BCUT2D eigenvalue weighted by Gasteiger charge is 2.24. The zero-order valence-electron chi connectivity index (χ0n) is 7.58. The molecule has 4 heteroatoms. The van der Waals surface area contributed by atoms with Gasteiger partial charge in [0.15, 0.2) is 0 Å². The molecule has 0 radical (unpaired) electrons. The summed E-state index contributed by atoms with van der Waals surface area (Å²) in [5.41, 5.74) is 0.776. The minimum absolute atomic E-state index is 0.189. The van der Waals surface area contributed by atoms with Gasteiger partial charge in [-0.05, 0) is 11.6 Å². The Balaban J connectivity index is 2.06. The van der Waals surface area contributed by atoms with Crippen molar-refractivity contribution in [2.45, 2.75) is 12.6 Å². The van der Waals surface area contributed by atoms with Crippen LogP contribution in [0.4, 0.5) is 4.39 Å². The van der Waals surface area contributed by atoms with Gasteiger partial charge < -0.3 is 5.11 Å². The van der Waals surface area contributed by atoms with E-state index >= 15 is 0 Å². The van der Waals surface area contributed by atoms with Gasteiger partial charge in [-0.3, -0.25) is 4.90 Å². The van der Waals surface area contributed by atoms with Crippen molar-refractivity contribution >= 4 is 11.6 Å². The maximum Gasteiger partial charge on any atom is 0.142 e. The summed E-state index contributed by atoms with van der Waals surface area (Å²) in [6, 6.07) is 4.79. The molecular weight excluding hydrogens is 205 g/mol. The van der Waals surface area contributed by atoms with Gasteiger partial charge in [0, 0.05) is 19.6 Å². The summed E-state index contributed by atoms with van der Waals surface area (Å²) < 4.78 is 13.0. The Bertz CT molecular complexity index is 339. The Morgan fingerprint density at radius 3 is 2.86 bits per heavy atom. The molecule has 1 heterocycles. The second kappa shape index (κ2) is 3.85. The first-order chi connectivity index (χ1) is 6.66. The zero-order valence-corrected chi connectivity index (χ0v) is 8.34. The lowest BCUT2D eigenvalue weighted by Gasteiger charge is -2.35. The lowest BCUT2D eigenvalue weighted by molar-refractivity contribution is -0.00288. The molecule has 14 heavy (non-hydrogen) atoms. The number of halogens is 2. The van der Waals surface area contributed by atoms with Crippen molar-refractivity contribution in [3.05, 3.63) is 34.6 Å². The summed E-state index contributed by atoms with van der Waals surface area (Å²) in [4.78, 5) is 2.02. The summed E-state index contributed by atoms with van der Waals surface area (Å²) in [6.07, 6.45) is -0.234. The Hall–Kier alpha value is -0.640. The number of hydrogen-bond donors (Lipinski definition) is 1. The summed E-state index contributed by atoms with van der Waals surface area (Å²) in [7, 11) is 0. The van der Waals surface area contributed by atoms with E-state index in [0.29, 0.717) is 19.6 Å². The van der Waals surface area contributed by atoms with Crippen LogP contribution < -0.4 is 0 Å². The third kappa shape index (κ3) is 1.90. The number of benzene rings is 1. The zero-order chi connectivity index (χ0) is 10.1. The van der Waals surface area contributed by atoms with Crippen LogP contribution in [0.1, 0.15) is 5.56 Å². The molecule has 0 unspecified atom stereocenters. The predicted molar refractivity (Wildman–Crippen MR) is 52.7 cm³/mol. The number of aliphatic hydroxyl groups excluding tert-OH is 1. The fourth-order valence-electron chi connectivity index (χ4n) is 1.58. The van der Waals surface area contributed by atoms with Crippen LogP contribution in [0, 0.1) is 5.82 Å². The average Bonchev–Trinajstić information content (AvgIpc) is 2.10. The Labute approximate surface area is 86.9 Å². The van der Waals surface area contributed by atoms with Gasteiger partial charge in [0.05, 0.1) is 11.1 Å². The third-order valence-corrected chi connectivity index (χ3v) is 2.79. The van der Waals surface area contributed by atoms with Crippen molar-refractivity contribution in [3.63, 3.8) is 0 Å². The van der Waals surface area contributed by atoms with Crippen molar-refractivity contribution in [1.29, 1.82) is 0 Å². The first kappa shape index (κ1) is 9.90. The van der Waals surface area contributed by atoms with Crippen LogP contribution in [0.25, 0.3) is 0 Å². The molecule has 0 atom stereocenters. The topological polar surface area (TPSA) is 23.5 Å².